The molecule has 0 aliphatic carbocycles. The van der Waals surface area contributed by atoms with Gasteiger partial charge in [0.25, 0.3) is 0 Å². The van der Waals surface area contributed by atoms with Crippen LogP contribution in [0.1, 0.15) is 0 Å². The van der Waals surface area contributed by atoms with Crippen molar-refractivity contribution in [3.05, 3.63) is 45.0 Å². The van der Waals surface area contributed by atoms with Crippen LogP contribution in [0.2, 0.25) is 10.0 Å². The van der Waals surface area contributed by atoms with Crippen molar-refractivity contribution in [1.29, 1.82) is 0 Å². The fourth-order valence-corrected chi connectivity index (χ4v) is 2.06. The Morgan fingerprint density at radius 1 is 1.24 bits per heavy atom. The van der Waals surface area contributed by atoms with Gasteiger partial charge in [0.1, 0.15) is 18.0 Å². The fourth-order valence-electron chi connectivity index (χ4n) is 1.18. The van der Waals surface area contributed by atoms with Crippen molar-refractivity contribution in [2.75, 3.05) is 5.32 Å². The Hall–Kier alpha value is -0.910. The molecule has 0 spiro atoms. The van der Waals surface area contributed by atoms with Gasteiger partial charge in [0, 0.05) is 6.20 Å². The number of benzene rings is 1. The van der Waals surface area contributed by atoms with Crippen molar-refractivity contribution in [2.45, 2.75) is 0 Å². The van der Waals surface area contributed by atoms with Gasteiger partial charge in [0.05, 0.1) is 20.2 Å². The highest BCUT2D eigenvalue weighted by Gasteiger charge is 2.10. The predicted octanol–water partition coefficient (Wildman–Crippen LogP) is 4.43. The van der Waals surface area contributed by atoms with E-state index in [0.717, 1.165) is 0 Å². The highest BCUT2D eigenvalue weighted by atomic mass is 79.9. The lowest BCUT2D eigenvalue weighted by Gasteiger charge is -2.10. The monoisotopic (exact) mass is 335 g/mol. The third kappa shape index (κ3) is 2.86. The fraction of sp³-hybridized carbons (Fsp3) is 0. The predicted molar refractivity (Wildman–Crippen MR) is 69.4 cm³/mol. The van der Waals surface area contributed by atoms with E-state index in [1.807, 2.05) is 0 Å². The van der Waals surface area contributed by atoms with E-state index in [1.54, 1.807) is 6.20 Å². The summed E-state index contributed by atoms with van der Waals surface area (Å²) in [6, 6.07) is 2.34. The van der Waals surface area contributed by atoms with E-state index in [9.17, 15) is 4.39 Å². The first-order valence-corrected chi connectivity index (χ1v) is 6.00. The van der Waals surface area contributed by atoms with E-state index in [1.165, 1.54) is 18.5 Å². The SMILES string of the molecule is Fc1cc(Cl)c(Nc2ncncc2Br)c(Cl)c1. The molecular weight excluding hydrogens is 332 g/mol. The Labute approximate surface area is 115 Å². The molecule has 2 rings (SSSR count). The van der Waals surface area contributed by atoms with Crippen LogP contribution in [0.3, 0.4) is 0 Å². The first-order chi connectivity index (χ1) is 8.08. The van der Waals surface area contributed by atoms with Gasteiger partial charge in [-0.1, -0.05) is 23.2 Å². The number of anilines is 2. The second-order valence-electron chi connectivity index (χ2n) is 3.09. The Kier molecular flexibility index (Phi) is 3.81. The zero-order valence-corrected chi connectivity index (χ0v) is 11.3. The van der Waals surface area contributed by atoms with Gasteiger partial charge in [-0.2, -0.15) is 0 Å². The molecular formula is C10H5BrCl2FN3. The van der Waals surface area contributed by atoms with Crippen molar-refractivity contribution < 1.29 is 4.39 Å². The number of nitrogens with zero attached hydrogens (tertiary/aromatic N) is 2. The molecule has 0 fully saturated rings. The van der Waals surface area contributed by atoms with Crippen molar-refractivity contribution >= 4 is 50.6 Å². The number of rotatable bonds is 2. The molecule has 0 amide bonds. The summed E-state index contributed by atoms with van der Waals surface area (Å²) in [7, 11) is 0. The van der Waals surface area contributed by atoms with Crippen molar-refractivity contribution in [3.63, 3.8) is 0 Å². The Morgan fingerprint density at radius 3 is 2.47 bits per heavy atom. The average Bonchev–Trinajstić information content (AvgIpc) is 2.25. The number of nitrogens with one attached hydrogen (secondary N) is 1. The second kappa shape index (κ2) is 5.16. The lowest BCUT2D eigenvalue weighted by Crippen LogP contribution is -1.97. The first kappa shape index (κ1) is 12.5. The van der Waals surface area contributed by atoms with Gasteiger partial charge in [0.2, 0.25) is 0 Å². The molecule has 7 heteroatoms. The quantitative estimate of drug-likeness (QED) is 0.881. The van der Waals surface area contributed by atoms with E-state index in [2.05, 4.69) is 31.2 Å². The summed E-state index contributed by atoms with van der Waals surface area (Å²) in [5, 5.41) is 3.27. The number of hydrogen-bond acceptors (Lipinski definition) is 3. The van der Waals surface area contributed by atoms with Gasteiger partial charge in [-0.15, -0.1) is 0 Å². The van der Waals surface area contributed by atoms with Crippen LogP contribution in [-0.4, -0.2) is 9.97 Å². The van der Waals surface area contributed by atoms with Crippen LogP contribution in [0.25, 0.3) is 0 Å². The molecule has 1 N–H and O–H groups in total. The number of aromatic nitrogens is 2. The third-order valence-corrected chi connectivity index (χ3v) is 3.09. The van der Waals surface area contributed by atoms with E-state index in [0.29, 0.717) is 16.0 Å². The molecule has 2 aromatic rings. The highest BCUT2D eigenvalue weighted by Crippen LogP contribution is 2.34. The molecule has 0 saturated heterocycles. The minimum atomic E-state index is -0.493. The van der Waals surface area contributed by atoms with Crippen LogP contribution >= 0.6 is 39.1 Å². The van der Waals surface area contributed by atoms with Crippen LogP contribution in [0.4, 0.5) is 15.9 Å². The van der Waals surface area contributed by atoms with Gasteiger partial charge in [0.15, 0.2) is 0 Å². The van der Waals surface area contributed by atoms with Gasteiger partial charge >= 0.3 is 0 Å². The third-order valence-electron chi connectivity index (χ3n) is 1.92. The smallest absolute Gasteiger partial charge is 0.148 e. The normalized spacial score (nSPS) is 10.4. The lowest BCUT2D eigenvalue weighted by atomic mass is 10.3. The summed E-state index contributed by atoms with van der Waals surface area (Å²) in [6.07, 6.45) is 2.94. The molecule has 0 radical (unpaired) electrons. The maximum absolute atomic E-state index is 13.0. The Bertz CT molecular complexity index is 542. The van der Waals surface area contributed by atoms with Crippen LogP contribution in [0.15, 0.2) is 29.1 Å². The zero-order chi connectivity index (χ0) is 12.4. The summed E-state index contributed by atoms with van der Waals surface area (Å²) < 4.78 is 13.6. The van der Waals surface area contributed by atoms with E-state index >= 15 is 0 Å². The average molecular weight is 337 g/mol. The highest BCUT2D eigenvalue weighted by molar-refractivity contribution is 9.10. The minimum absolute atomic E-state index is 0.181. The molecule has 3 nitrogen and oxygen atoms in total. The van der Waals surface area contributed by atoms with Crippen LogP contribution < -0.4 is 5.32 Å². The van der Waals surface area contributed by atoms with Crippen LogP contribution in [0, 0.1) is 5.82 Å². The Balaban J connectivity index is 2.40. The minimum Gasteiger partial charge on any atom is -0.337 e. The molecule has 0 aliphatic heterocycles. The summed E-state index contributed by atoms with van der Waals surface area (Å²) in [5.74, 6) is 0.00251. The van der Waals surface area contributed by atoms with E-state index in [-0.39, 0.29) is 10.0 Å². The topological polar surface area (TPSA) is 37.8 Å². The van der Waals surface area contributed by atoms with Crippen LogP contribution in [-0.2, 0) is 0 Å². The number of halogens is 4. The van der Waals surface area contributed by atoms with Crippen molar-refractivity contribution in [1.82, 2.24) is 9.97 Å². The van der Waals surface area contributed by atoms with Gasteiger partial charge in [-0.3, -0.25) is 0 Å². The van der Waals surface area contributed by atoms with Crippen LogP contribution in [0.5, 0.6) is 0 Å². The Morgan fingerprint density at radius 2 is 1.88 bits per heavy atom. The molecule has 0 unspecified atom stereocenters. The van der Waals surface area contributed by atoms with Crippen molar-refractivity contribution in [3.8, 4) is 0 Å². The second-order valence-corrected chi connectivity index (χ2v) is 4.76. The van der Waals surface area contributed by atoms with Gasteiger partial charge in [-0.05, 0) is 28.1 Å². The van der Waals surface area contributed by atoms with E-state index < -0.39 is 5.82 Å². The largest absolute Gasteiger partial charge is 0.337 e. The molecule has 0 saturated carbocycles. The maximum Gasteiger partial charge on any atom is 0.148 e. The lowest BCUT2D eigenvalue weighted by molar-refractivity contribution is 0.628. The first-order valence-electron chi connectivity index (χ1n) is 4.45. The standard InChI is InChI=1S/C10H5BrCl2FN3/c11-6-3-15-4-16-10(6)17-9-7(12)1-5(14)2-8(9)13/h1-4H,(H,15,16,17). The summed E-state index contributed by atoms with van der Waals surface area (Å²) in [4.78, 5) is 7.82. The maximum atomic E-state index is 13.0. The van der Waals surface area contributed by atoms with Gasteiger partial charge in [-0.25, -0.2) is 14.4 Å². The zero-order valence-electron chi connectivity index (χ0n) is 8.22. The molecule has 0 aliphatic rings. The molecule has 0 bridgehead atoms. The van der Waals surface area contributed by atoms with Gasteiger partial charge < -0.3 is 5.32 Å². The summed E-state index contributed by atoms with van der Waals surface area (Å²) >= 11 is 15.1. The van der Waals surface area contributed by atoms with Crippen molar-refractivity contribution in [2.24, 2.45) is 0 Å². The molecule has 1 aromatic carbocycles. The molecule has 88 valence electrons. The molecule has 0 atom stereocenters. The van der Waals surface area contributed by atoms with E-state index in [4.69, 9.17) is 23.2 Å². The molecule has 17 heavy (non-hydrogen) atoms. The number of hydrogen-bond donors (Lipinski definition) is 1. The summed E-state index contributed by atoms with van der Waals surface area (Å²) in [5.41, 5.74) is 0.397. The molecule has 1 aromatic heterocycles. The molecule has 1 heterocycles. The summed E-state index contributed by atoms with van der Waals surface area (Å²) in [6.45, 7) is 0.